The van der Waals surface area contributed by atoms with Crippen LogP contribution in [0.2, 0.25) is 0 Å². The lowest BCUT2D eigenvalue weighted by Crippen LogP contribution is -2.48. The van der Waals surface area contributed by atoms with E-state index >= 15 is 0 Å². The summed E-state index contributed by atoms with van der Waals surface area (Å²) >= 11 is 0. The number of para-hydroxylation sites is 2. The lowest BCUT2D eigenvalue weighted by molar-refractivity contribution is 0.0865. The van der Waals surface area contributed by atoms with Crippen LogP contribution in [0.5, 0.6) is 23.0 Å². The number of ether oxygens (including phenoxy) is 4. The highest BCUT2D eigenvalue weighted by Gasteiger charge is 2.24. The van der Waals surface area contributed by atoms with Gasteiger partial charge in [-0.3, -0.25) is 9.59 Å². The van der Waals surface area contributed by atoms with Crippen LogP contribution in [0.4, 0.5) is 0 Å². The van der Waals surface area contributed by atoms with Gasteiger partial charge in [0.15, 0.2) is 23.0 Å². The van der Waals surface area contributed by atoms with E-state index in [0.29, 0.717) is 11.5 Å². The SMILES string of the molecule is O=C(NC(CCO)NC(=O)c1cccc(OCc2ccccc2)c1OCc1ccccc1)c1cccc(OCc2ccccc2)c1OCc1ccccc1. The molecule has 0 fully saturated rings. The first-order chi connectivity index (χ1) is 26.6. The molecule has 0 spiro atoms. The standard InChI is InChI=1S/C45H42N2O7/c48-28-27-41(46-44(49)37-23-13-25-39(51-29-33-15-5-1-6-16-33)42(37)53-31-35-19-9-3-10-20-35)47-45(50)38-24-14-26-40(52-30-34-17-7-2-8-18-34)43(38)54-32-36-21-11-4-12-22-36/h1-26,41,48H,27-32H2,(H,46,49)(H,47,50). The molecule has 0 aliphatic heterocycles. The summed E-state index contributed by atoms with van der Waals surface area (Å²) in [6.07, 6.45) is -0.923. The first-order valence-electron chi connectivity index (χ1n) is 17.7. The summed E-state index contributed by atoms with van der Waals surface area (Å²) in [5.74, 6) is 0.229. The summed E-state index contributed by atoms with van der Waals surface area (Å²) in [6, 6.07) is 48.8. The van der Waals surface area contributed by atoms with Crippen molar-refractivity contribution in [3.8, 4) is 23.0 Å². The number of benzene rings is 6. The van der Waals surface area contributed by atoms with Crippen molar-refractivity contribution < 1.29 is 33.6 Å². The number of amides is 2. The van der Waals surface area contributed by atoms with Crippen LogP contribution in [-0.4, -0.2) is 29.7 Å². The Balaban J connectivity index is 1.22. The minimum Gasteiger partial charge on any atom is -0.485 e. The van der Waals surface area contributed by atoms with E-state index in [9.17, 15) is 14.7 Å². The molecule has 0 heterocycles. The van der Waals surface area contributed by atoms with E-state index in [1.54, 1.807) is 36.4 Å². The third-order valence-corrected chi connectivity index (χ3v) is 8.40. The molecule has 0 atom stereocenters. The zero-order chi connectivity index (χ0) is 37.4. The highest BCUT2D eigenvalue weighted by atomic mass is 16.5. The number of aliphatic hydroxyl groups is 1. The number of rotatable bonds is 18. The zero-order valence-electron chi connectivity index (χ0n) is 29.7. The van der Waals surface area contributed by atoms with Gasteiger partial charge in [0.25, 0.3) is 11.8 Å². The second kappa shape index (κ2) is 19.3. The molecule has 6 aromatic carbocycles. The lowest BCUT2D eigenvalue weighted by Gasteiger charge is -2.22. The molecule has 6 rings (SSSR count). The Labute approximate surface area is 315 Å². The Bertz CT molecular complexity index is 1930. The van der Waals surface area contributed by atoms with E-state index < -0.39 is 18.0 Å². The van der Waals surface area contributed by atoms with Crippen molar-refractivity contribution >= 4 is 11.8 Å². The maximum atomic E-state index is 14.0. The van der Waals surface area contributed by atoms with Crippen LogP contribution in [0, 0.1) is 0 Å². The largest absolute Gasteiger partial charge is 0.485 e. The fourth-order valence-electron chi connectivity index (χ4n) is 5.63. The predicted molar refractivity (Wildman–Crippen MR) is 206 cm³/mol. The fraction of sp³-hybridized carbons (Fsp3) is 0.156. The molecule has 0 aromatic heterocycles. The van der Waals surface area contributed by atoms with Crippen LogP contribution >= 0.6 is 0 Å². The molecular weight excluding hydrogens is 681 g/mol. The van der Waals surface area contributed by atoms with Crippen molar-refractivity contribution in [3.63, 3.8) is 0 Å². The molecule has 54 heavy (non-hydrogen) atoms. The summed E-state index contributed by atoms with van der Waals surface area (Å²) in [7, 11) is 0. The number of hydrogen-bond donors (Lipinski definition) is 3. The van der Waals surface area contributed by atoms with Crippen molar-refractivity contribution in [1.82, 2.24) is 10.6 Å². The quantitative estimate of drug-likeness (QED) is 0.0774. The van der Waals surface area contributed by atoms with Crippen molar-refractivity contribution in [2.24, 2.45) is 0 Å². The van der Waals surface area contributed by atoms with Crippen molar-refractivity contribution in [1.29, 1.82) is 0 Å². The third kappa shape index (κ3) is 10.5. The van der Waals surface area contributed by atoms with Crippen molar-refractivity contribution in [3.05, 3.63) is 191 Å². The molecule has 0 saturated carbocycles. The van der Waals surface area contributed by atoms with E-state index in [1.807, 2.05) is 121 Å². The zero-order valence-corrected chi connectivity index (χ0v) is 29.7. The molecule has 0 unspecified atom stereocenters. The Morgan fingerprint density at radius 3 is 1.11 bits per heavy atom. The van der Waals surface area contributed by atoms with Gasteiger partial charge < -0.3 is 34.7 Å². The van der Waals surface area contributed by atoms with Crippen molar-refractivity contribution in [2.45, 2.75) is 39.0 Å². The Kier molecular flexibility index (Phi) is 13.3. The maximum absolute atomic E-state index is 14.0. The molecule has 0 radical (unpaired) electrons. The Morgan fingerprint density at radius 1 is 0.444 bits per heavy atom. The molecule has 0 saturated heterocycles. The number of hydrogen-bond acceptors (Lipinski definition) is 7. The van der Waals surface area contributed by atoms with Gasteiger partial charge in [-0.2, -0.15) is 0 Å². The smallest absolute Gasteiger partial charge is 0.256 e. The van der Waals surface area contributed by atoms with Gasteiger partial charge in [0.05, 0.1) is 11.1 Å². The second-order valence-electron chi connectivity index (χ2n) is 12.4. The Hall–Kier alpha value is -6.58. The van der Waals surface area contributed by atoms with Gasteiger partial charge in [-0.25, -0.2) is 0 Å². The maximum Gasteiger partial charge on any atom is 0.256 e. The van der Waals surface area contributed by atoms with Gasteiger partial charge in [-0.1, -0.05) is 133 Å². The molecule has 2 amide bonds. The second-order valence-corrected chi connectivity index (χ2v) is 12.4. The first-order valence-corrected chi connectivity index (χ1v) is 17.7. The highest BCUT2D eigenvalue weighted by molar-refractivity contribution is 6.00. The van der Waals surface area contributed by atoms with Gasteiger partial charge >= 0.3 is 0 Å². The topological polar surface area (TPSA) is 115 Å². The summed E-state index contributed by atoms with van der Waals surface area (Å²) in [4.78, 5) is 28.0. The summed E-state index contributed by atoms with van der Waals surface area (Å²) in [5, 5.41) is 15.7. The monoisotopic (exact) mass is 722 g/mol. The average molecular weight is 723 g/mol. The molecule has 0 aliphatic rings. The fourth-order valence-corrected chi connectivity index (χ4v) is 5.63. The van der Waals surface area contributed by atoms with Crippen molar-refractivity contribution in [2.75, 3.05) is 6.61 Å². The summed E-state index contributed by atoms with van der Waals surface area (Å²) < 4.78 is 24.8. The third-order valence-electron chi connectivity index (χ3n) is 8.40. The molecule has 6 aromatic rings. The van der Waals surface area contributed by atoms with E-state index in [4.69, 9.17) is 18.9 Å². The normalized spacial score (nSPS) is 10.7. The summed E-state index contributed by atoms with van der Waals surface area (Å²) in [5.41, 5.74) is 4.14. The minimum atomic E-state index is -0.957. The molecular formula is C45H42N2O7. The number of carbonyl (C=O) groups excluding carboxylic acids is 2. The van der Waals surface area contributed by atoms with E-state index in [-0.39, 0.29) is 62.1 Å². The number of aliphatic hydroxyl groups excluding tert-OH is 1. The van der Waals surface area contributed by atoms with Crippen LogP contribution in [-0.2, 0) is 26.4 Å². The van der Waals surface area contributed by atoms with E-state index in [0.717, 1.165) is 22.3 Å². The van der Waals surface area contributed by atoms with Crippen LogP contribution < -0.4 is 29.6 Å². The van der Waals surface area contributed by atoms with Gasteiger partial charge in [-0.05, 0) is 46.5 Å². The van der Waals surface area contributed by atoms with E-state index in [2.05, 4.69) is 10.6 Å². The van der Waals surface area contributed by atoms with Crippen LogP contribution in [0.3, 0.4) is 0 Å². The first kappa shape index (κ1) is 37.2. The van der Waals surface area contributed by atoms with E-state index in [1.165, 1.54) is 0 Å². The molecule has 9 nitrogen and oxygen atoms in total. The molecule has 0 bridgehead atoms. The van der Waals surface area contributed by atoms with Crippen LogP contribution in [0.1, 0.15) is 49.4 Å². The van der Waals surface area contributed by atoms with Gasteiger partial charge in [0.1, 0.15) is 32.6 Å². The highest BCUT2D eigenvalue weighted by Crippen LogP contribution is 2.34. The van der Waals surface area contributed by atoms with Gasteiger partial charge in [0.2, 0.25) is 0 Å². The summed E-state index contributed by atoms with van der Waals surface area (Å²) in [6.45, 7) is 0.607. The molecule has 3 N–H and O–H groups in total. The lowest BCUT2D eigenvalue weighted by atomic mass is 10.1. The minimum absolute atomic E-state index is 0.0340. The van der Waals surface area contributed by atoms with Crippen LogP contribution in [0.15, 0.2) is 158 Å². The molecule has 0 aliphatic carbocycles. The predicted octanol–water partition coefficient (Wildman–Crippen LogP) is 7.87. The number of nitrogens with one attached hydrogen (secondary N) is 2. The van der Waals surface area contributed by atoms with Gasteiger partial charge in [-0.15, -0.1) is 0 Å². The average Bonchev–Trinajstić information content (AvgIpc) is 3.22. The molecule has 274 valence electrons. The van der Waals surface area contributed by atoms with Crippen LogP contribution in [0.25, 0.3) is 0 Å². The Morgan fingerprint density at radius 2 is 0.778 bits per heavy atom. The molecule has 9 heteroatoms. The van der Waals surface area contributed by atoms with Gasteiger partial charge in [0, 0.05) is 13.0 Å². The number of carbonyl (C=O) groups is 2.